The lowest BCUT2D eigenvalue weighted by molar-refractivity contribution is 0.182. The average molecular weight is 610 g/mol. The number of carbonyl (C=O) groups excluding carboxylic acids is 1. The highest BCUT2D eigenvalue weighted by Gasteiger charge is 2.29. The van der Waals surface area contributed by atoms with Crippen LogP contribution in [0.2, 0.25) is 0 Å². The van der Waals surface area contributed by atoms with Crippen molar-refractivity contribution in [2.24, 2.45) is 0 Å². The van der Waals surface area contributed by atoms with E-state index < -0.39 is 6.04 Å². The Hall–Kier alpha value is -4.23. The van der Waals surface area contributed by atoms with Crippen LogP contribution in [0.4, 0.5) is 10.5 Å². The van der Waals surface area contributed by atoms with E-state index in [0.29, 0.717) is 41.8 Å². The fraction of sp³-hybridized carbons (Fsp3) is 0.206. The number of carbonyl (C=O) groups is 1. The van der Waals surface area contributed by atoms with Crippen molar-refractivity contribution in [3.8, 4) is 5.69 Å². The summed E-state index contributed by atoms with van der Waals surface area (Å²) in [5.41, 5.74) is 5.21. The zero-order valence-electron chi connectivity index (χ0n) is 23.5. The summed E-state index contributed by atoms with van der Waals surface area (Å²) in [4.78, 5) is 35.0. The van der Waals surface area contributed by atoms with Gasteiger partial charge in [0.25, 0.3) is 5.56 Å². The molecule has 0 saturated carbocycles. The van der Waals surface area contributed by atoms with Crippen molar-refractivity contribution < 1.29 is 4.79 Å². The Bertz CT molecular complexity index is 1750. The standard InChI is InChI=1S/C34H33BrN4O2/c1-4-31(38(21-20-25-12-6-5-7-13-25)34(41)37-30-17-11-9-15-28(30)35)32-36-29-16-10-8-14-27(29)33(40)39(32)26-19-18-23(2)24(3)22-26/h5-19,22,31H,4,20-21H2,1-3H3,(H,37,41). The van der Waals surface area contributed by atoms with Gasteiger partial charge in [0, 0.05) is 11.0 Å². The fourth-order valence-corrected chi connectivity index (χ4v) is 5.46. The van der Waals surface area contributed by atoms with Gasteiger partial charge in [0.2, 0.25) is 0 Å². The van der Waals surface area contributed by atoms with Crippen LogP contribution in [0, 0.1) is 13.8 Å². The Kier molecular flexibility index (Phi) is 8.64. The van der Waals surface area contributed by atoms with Gasteiger partial charge in [-0.15, -0.1) is 0 Å². The highest BCUT2D eigenvalue weighted by atomic mass is 79.9. The summed E-state index contributed by atoms with van der Waals surface area (Å²) < 4.78 is 2.48. The number of fused-ring (bicyclic) bond motifs is 1. The number of urea groups is 1. The molecule has 4 aromatic carbocycles. The molecule has 5 rings (SSSR count). The van der Waals surface area contributed by atoms with Gasteiger partial charge in [0.1, 0.15) is 5.82 Å². The second-order valence-corrected chi connectivity index (χ2v) is 11.0. The fourth-order valence-electron chi connectivity index (χ4n) is 5.07. The van der Waals surface area contributed by atoms with Crippen LogP contribution in [0.1, 0.15) is 41.9 Å². The van der Waals surface area contributed by atoms with Crippen LogP contribution >= 0.6 is 15.9 Å². The van der Waals surface area contributed by atoms with Crippen LogP contribution in [0.15, 0.2) is 106 Å². The van der Waals surface area contributed by atoms with Crippen molar-refractivity contribution in [2.45, 2.75) is 39.7 Å². The third-order valence-corrected chi connectivity index (χ3v) is 8.16. The minimum absolute atomic E-state index is 0.151. The van der Waals surface area contributed by atoms with Crippen LogP contribution in [0.3, 0.4) is 0 Å². The van der Waals surface area contributed by atoms with Gasteiger partial charge in [-0.1, -0.05) is 67.6 Å². The second-order valence-electron chi connectivity index (χ2n) is 10.2. The number of hydrogen-bond donors (Lipinski definition) is 1. The van der Waals surface area contributed by atoms with Crippen molar-refractivity contribution in [3.05, 3.63) is 134 Å². The lowest BCUT2D eigenvalue weighted by Gasteiger charge is -2.32. The molecule has 0 spiro atoms. The van der Waals surface area contributed by atoms with Crippen molar-refractivity contribution >= 4 is 38.6 Å². The number of rotatable bonds is 8. The summed E-state index contributed by atoms with van der Waals surface area (Å²) >= 11 is 3.55. The molecule has 0 bridgehead atoms. The molecule has 6 nitrogen and oxygen atoms in total. The van der Waals surface area contributed by atoms with E-state index in [1.807, 2.05) is 99.6 Å². The number of halogens is 1. The van der Waals surface area contributed by atoms with Gasteiger partial charge in [-0.25, -0.2) is 9.78 Å². The van der Waals surface area contributed by atoms with Gasteiger partial charge >= 0.3 is 6.03 Å². The number of anilines is 1. The van der Waals surface area contributed by atoms with Crippen molar-refractivity contribution in [1.82, 2.24) is 14.5 Å². The van der Waals surface area contributed by atoms with E-state index in [-0.39, 0.29) is 11.6 Å². The molecule has 0 radical (unpaired) electrons. The first-order valence-corrected chi connectivity index (χ1v) is 14.6. The Morgan fingerprint density at radius 1 is 0.927 bits per heavy atom. The summed E-state index contributed by atoms with van der Waals surface area (Å²) in [6, 6.07) is 30.3. The molecular weight excluding hydrogens is 576 g/mol. The van der Waals surface area contributed by atoms with Crippen LogP contribution in [0.25, 0.3) is 16.6 Å². The number of aryl methyl sites for hydroxylation is 2. The van der Waals surface area contributed by atoms with E-state index in [1.54, 1.807) is 15.5 Å². The molecule has 208 valence electrons. The topological polar surface area (TPSA) is 67.2 Å². The van der Waals surface area contributed by atoms with Gasteiger partial charge in [-0.05, 0) is 95.7 Å². The number of hydrogen-bond acceptors (Lipinski definition) is 3. The predicted octanol–water partition coefficient (Wildman–Crippen LogP) is 7.99. The van der Waals surface area contributed by atoms with E-state index >= 15 is 0 Å². The SMILES string of the molecule is CCC(c1nc2ccccc2c(=O)n1-c1ccc(C)c(C)c1)N(CCc1ccccc1)C(=O)Nc1ccccc1Br. The maximum Gasteiger partial charge on any atom is 0.322 e. The number of benzene rings is 4. The maximum atomic E-state index is 14.1. The van der Waals surface area contributed by atoms with E-state index in [9.17, 15) is 9.59 Å². The van der Waals surface area contributed by atoms with Crippen molar-refractivity contribution in [2.75, 3.05) is 11.9 Å². The molecule has 1 aromatic heterocycles. The molecule has 5 aromatic rings. The normalized spacial score (nSPS) is 11.8. The smallest absolute Gasteiger partial charge is 0.314 e. The molecule has 0 aliphatic rings. The highest BCUT2D eigenvalue weighted by molar-refractivity contribution is 9.10. The Morgan fingerprint density at radius 3 is 2.37 bits per heavy atom. The third kappa shape index (κ3) is 6.10. The molecular formula is C34H33BrN4O2. The lowest BCUT2D eigenvalue weighted by Crippen LogP contribution is -2.42. The molecule has 1 unspecified atom stereocenters. The zero-order valence-corrected chi connectivity index (χ0v) is 25.1. The first-order chi connectivity index (χ1) is 19.9. The predicted molar refractivity (Wildman–Crippen MR) is 170 cm³/mol. The van der Waals surface area contributed by atoms with Crippen LogP contribution in [-0.4, -0.2) is 27.0 Å². The molecule has 1 heterocycles. The minimum Gasteiger partial charge on any atom is -0.314 e. The number of para-hydroxylation sites is 2. The number of amides is 2. The molecule has 41 heavy (non-hydrogen) atoms. The highest BCUT2D eigenvalue weighted by Crippen LogP contribution is 2.29. The maximum absolute atomic E-state index is 14.1. The molecule has 1 atom stereocenters. The molecule has 1 N–H and O–H groups in total. The second kappa shape index (κ2) is 12.5. The number of nitrogens with one attached hydrogen (secondary N) is 1. The number of aromatic nitrogens is 2. The van der Waals surface area contributed by atoms with E-state index in [2.05, 4.69) is 33.4 Å². The largest absolute Gasteiger partial charge is 0.322 e. The Morgan fingerprint density at radius 2 is 1.63 bits per heavy atom. The average Bonchev–Trinajstić information content (AvgIpc) is 2.98. The summed E-state index contributed by atoms with van der Waals surface area (Å²) in [6.45, 7) is 6.55. The summed E-state index contributed by atoms with van der Waals surface area (Å²) in [6.07, 6.45) is 1.22. The molecule has 0 fully saturated rings. The van der Waals surface area contributed by atoms with Crippen molar-refractivity contribution in [3.63, 3.8) is 0 Å². The van der Waals surface area contributed by atoms with Crippen LogP contribution < -0.4 is 10.9 Å². The Balaban J connectivity index is 1.66. The first-order valence-electron chi connectivity index (χ1n) is 13.8. The minimum atomic E-state index is -0.472. The quantitative estimate of drug-likeness (QED) is 0.194. The lowest BCUT2D eigenvalue weighted by atomic mass is 10.1. The van der Waals surface area contributed by atoms with Gasteiger partial charge in [0.05, 0.1) is 28.3 Å². The summed E-state index contributed by atoms with van der Waals surface area (Å²) in [5.74, 6) is 0.537. The van der Waals surface area contributed by atoms with Crippen LogP contribution in [-0.2, 0) is 6.42 Å². The molecule has 0 aliphatic carbocycles. The van der Waals surface area contributed by atoms with E-state index in [0.717, 1.165) is 26.9 Å². The van der Waals surface area contributed by atoms with Crippen molar-refractivity contribution in [1.29, 1.82) is 0 Å². The Labute approximate surface area is 248 Å². The summed E-state index contributed by atoms with van der Waals surface area (Å²) in [7, 11) is 0. The van der Waals surface area contributed by atoms with Gasteiger partial charge < -0.3 is 10.2 Å². The zero-order chi connectivity index (χ0) is 28.9. The van der Waals surface area contributed by atoms with E-state index in [1.165, 1.54) is 0 Å². The molecule has 7 heteroatoms. The molecule has 2 amide bonds. The van der Waals surface area contributed by atoms with Gasteiger partial charge in [0.15, 0.2) is 0 Å². The van der Waals surface area contributed by atoms with Gasteiger partial charge in [-0.2, -0.15) is 0 Å². The van der Waals surface area contributed by atoms with Gasteiger partial charge in [-0.3, -0.25) is 9.36 Å². The summed E-state index contributed by atoms with van der Waals surface area (Å²) in [5, 5.41) is 3.62. The number of nitrogens with zero attached hydrogens (tertiary/aromatic N) is 3. The third-order valence-electron chi connectivity index (χ3n) is 7.47. The monoisotopic (exact) mass is 608 g/mol. The molecule has 0 saturated heterocycles. The molecule has 0 aliphatic heterocycles. The van der Waals surface area contributed by atoms with Crippen LogP contribution in [0.5, 0.6) is 0 Å². The van der Waals surface area contributed by atoms with E-state index in [4.69, 9.17) is 4.98 Å². The first kappa shape index (κ1) is 28.3.